The Kier molecular flexibility index (Phi) is 5.77. The fourth-order valence-electron chi connectivity index (χ4n) is 1.48. The average molecular weight is 321 g/mol. The summed E-state index contributed by atoms with van der Waals surface area (Å²) in [5, 5.41) is 5.05. The number of alkyl halides is 3. The van der Waals surface area contributed by atoms with E-state index in [-0.39, 0.29) is 16.8 Å². The van der Waals surface area contributed by atoms with Crippen LogP contribution in [0.3, 0.4) is 0 Å². The molecule has 0 radical (unpaired) electrons. The highest BCUT2D eigenvalue weighted by atomic mass is 32.1. The topological polar surface area (TPSA) is 76.4 Å². The van der Waals surface area contributed by atoms with Gasteiger partial charge in [0.1, 0.15) is 5.75 Å². The molecule has 2 amide bonds. The molecule has 0 aliphatic heterocycles. The Morgan fingerprint density at radius 2 is 1.95 bits per heavy atom. The highest BCUT2D eigenvalue weighted by Crippen LogP contribution is 2.23. The van der Waals surface area contributed by atoms with Crippen molar-refractivity contribution in [3.05, 3.63) is 24.3 Å². The molecule has 4 N–H and O–H groups in total. The monoisotopic (exact) mass is 321 g/mol. The Morgan fingerprint density at radius 3 is 2.43 bits per heavy atom. The van der Waals surface area contributed by atoms with Gasteiger partial charge in [-0.1, -0.05) is 12.2 Å². The number of hydrogen-bond donors (Lipinski definition) is 3. The van der Waals surface area contributed by atoms with E-state index < -0.39 is 12.4 Å². The molecule has 5 nitrogen and oxygen atoms in total. The van der Waals surface area contributed by atoms with E-state index in [1.54, 1.807) is 6.92 Å². The minimum Gasteiger partial charge on any atom is -0.406 e. The molecule has 9 heteroatoms. The summed E-state index contributed by atoms with van der Waals surface area (Å²) in [6.07, 6.45) is -4.40. The van der Waals surface area contributed by atoms with Crippen LogP contribution in [-0.4, -0.2) is 23.4 Å². The van der Waals surface area contributed by atoms with E-state index in [1.165, 1.54) is 12.1 Å². The second kappa shape index (κ2) is 7.11. The van der Waals surface area contributed by atoms with Crippen LogP contribution in [0.4, 0.5) is 23.7 Å². The summed E-state index contributed by atoms with van der Waals surface area (Å²) in [6.45, 7) is 1.72. The first-order valence-electron chi connectivity index (χ1n) is 5.87. The van der Waals surface area contributed by atoms with Gasteiger partial charge in [-0.3, -0.25) is 0 Å². The molecular weight excluding hydrogens is 307 g/mol. The van der Waals surface area contributed by atoms with Gasteiger partial charge in [0.25, 0.3) is 0 Å². The Balaban J connectivity index is 2.52. The number of urea groups is 1. The fraction of sp³-hybridized carbons (Fsp3) is 0.333. The maximum absolute atomic E-state index is 12.0. The van der Waals surface area contributed by atoms with Crippen LogP contribution in [0, 0.1) is 0 Å². The largest absolute Gasteiger partial charge is 0.573 e. The SMILES string of the molecule is CC(CC(N)=S)NC(=O)Nc1ccc(OC(F)(F)F)cc1. The van der Waals surface area contributed by atoms with Gasteiger partial charge < -0.3 is 21.1 Å². The van der Waals surface area contributed by atoms with Crippen molar-refractivity contribution in [1.82, 2.24) is 5.32 Å². The van der Waals surface area contributed by atoms with Gasteiger partial charge in [-0.2, -0.15) is 0 Å². The van der Waals surface area contributed by atoms with Gasteiger partial charge >= 0.3 is 12.4 Å². The summed E-state index contributed by atoms with van der Waals surface area (Å²) in [6, 6.07) is 4.01. The molecule has 0 aliphatic rings. The lowest BCUT2D eigenvalue weighted by Crippen LogP contribution is -2.38. The number of nitrogens with one attached hydrogen (secondary N) is 2. The third kappa shape index (κ3) is 7.35. The first kappa shape index (κ1) is 17.0. The lowest BCUT2D eigenvalue weighted by Gasteiger charge is -2.14. The molecule has 0 saturated carbocycles. The molecule has 21 heavy (non-hydrogen) atoms. The first-order chi connectivity index (χ1) is 9.65. The van der Waals surface area contributed by atoms with E-state index in [2.05, 4.69) is 15.4 Å². The average Bonchev–Trinajstić information content (AvgIpc) is 2.28. The predicted molar refractivity (Wildman–Crippen MR) is 76.1 cm³/mol. The van der Waals surface area contributed by atoms with Gasteiger partial charge in [0, 0.05) is 18.2 Å². The van der Waals surface area contributed by atoms with Crippen LogP contribution in [-0.2, 0) is 0 Å². The fourth-order valence-corrected chi connectivity index (χ4v) is 1.73. The van der Waals surface area contributed by atoms with Gasteiger partial charge in [0.15, 0.2) is 0 Å². The summed E-state index contributed by atoms with van der Waals surface area (Å²) in [5.74, 6) is -0.365. The molecule has 0 bridgehead atoms. The maximum atomic E-state index is 12.0. The van der Waals surface area contributed by atoms with Crippen LogP contribution in [0.5, 0.6) is 5.75 Å². The van der Waals surface area contributed by atoms with Gasteiger partial charge in [0.2, 0.25) is 0 Å². The second-order valence-corrected chi connectivity index (χ2v) is 4.77. The molecule has 116 valence electrons. The summed E-state index contributed by atoms with van der Waals surface area (Å²) in [5.41, 5.74) is 5.67. The zero-order chi connectivity index (χ0) is 16.0. The Bertz CT molecular complexity index is 505. The van der Waals surface area contributed by atoms with E-state index in [0.29, 0.717) is 12.1 Å². The molecule has 1 atom stereocenters. The van der Waals surface area contributed by atoms with Crippen LogP contribution < -0.4 is 21.1 Å². The standard InChI is InChI=1S/C12H14F3N3O2S/c1-7(6-10(16)21)17-11(19)18-8-2-4-9(5-3-8)20-12(13,14)15/h2-5,7H,6H2,1H3,(H2,16,21)(H2,17,18,19). The Labute approximate surface area is 124 Å². The third-order valence-corrected chi connectivity index (χ3v) is 2.40. The van der Waals surface area contributed by atoms with Crippen molar-refractivity contribution in [2.24, 2.45) is 5.73 Å². The Morgan fingerprint density at radius 1 is 1.38 bits per heavy atom. The van der Waals surface area contributed by atoms with Crippen LogP contribution in [0.25, 0.3) is 0 Å². The van der Waals surface area contributed by atoms with Crippen LogP contribution in [0.2, 0.25) is 0 Å². The van der Waals surface area contributed by atoms with E-state index >= 15 is 0 Å². The van der Waals surface area contributed by atoms with Crippen molar-refractivity contribution >= 4 is 28.9 Å². The van der Waals surface area contributed by atoms with Gasteiger partial charge in [-0.15, -0.1) is 13.2 Å². The molecule has 0 saturated heterocycles. The second-order valence-electron chi connectivity index (χ2n) is 4.24. The van der Waals surface area contributed by atoms with E-state index in [0.717, 1.165) is 12.1 Å². The minimum atomic E-state index is -4.75. The van der Waals surface area contributed by atoms with Crippen molar-refractivity contribution in [2.45, 2.75) is 25.7 Å². The Hall–Kier alpha value is -2.03. The predicted octanol–water partition coefficient (Wildman–Crippen LogP) is 2.77. The number of carbonyl (C=O) groups excluding carboxylic acids is 1. The van der Waals surface area contributed by atoms with Crippen LogP contribution >= 0.6 is 12.2 Å². The summed E-state index contributed by atoms with van der Waals surface area (Å²) < 4.78 is 39.6. The molecule has 0 heterocycles. The molecule has 1 rings (SSSR count). The summed E-state index contributed by atoms with van der Waals surface area (Å²) in [7, 11) is 0. The summed E-state index contributed by atoms with van der Waals surface area (Å²) >= 11 is 4.71. The number of thiocarbonyl (C=S) groups is 1. The lowest BCUT2D eigenvalue weighted by molar-refractivity contribution is -0.274. The van der Waals surface area contributed by atoms with E-state index in [1.807, 2.05) is 0 Å². The van der Waals surface area contributed by atoms with E-state index in [9.17, 15) is 18.0 Å². The van der Waals surface area contributed by atoms with Crippen molar-refractivity contribution in [2.75, 3.05) is 5.32 Å². The number of hydrogen-bond acceptors (Lipinski definition) is 3. The third-order valence-electron chi connectivity index (χ3n) is 2.23. The molecule has 0 aliphatic carbocycles. The van der Waals surface area contributed by atoms with Gasteiger partial charge in [-0.05, 0) is 31.2 Å². The molecular formula is C12H14F3N3O2S. The molecule has 1 aromatic rings. The van der Waals surface area contributed by atoms with Gasteiger partial charge in [0.05, 0.1) is 4.99 Å². The zero-order valence-corrected chi connectivity index (χ0v) is 11.8. The molecule has 1 aromatic carbocycles. The number of amides is 2. The lowest BCUT2D eigenvalue weighted by atomic mass is 10.2. The minimum absolute atomic E-state index is 0.254. The van der Waals surface area contributed by atoms with Crippen LogP contribution in [0.1, 0.15) is 13.3 Å². The van der Waals surface area contributed by atoms with Crippen molar-refractivity contribution in [3.63, 3.8) is 0 Å². The number of rotatable bonds is 5. The van der Waals surface area contributed by atoms with Crippen molar-refractivity contribution in [3.8, 4) is 5.75 Å². The quantitative estimate of drug-likeness (QED) is 0.729. The number of nitrogens with two attached hydrogens (primary N) is 1. The van der Waals surface area contributed by atoms with Crippen LogP contribution in [0.15, 0.2) is 24.3 Å². The highest BCUT2D eigenvalue weighted by Gasteiger charge is 2.30. The molecule has 0 fully saturated rings. The van der Waals surface area contributed by atoms with Crippen molar-refractivity contribution in [1.29, 1.82) is 0 Å². The maximum Gasteiger partial charge on any atom is 0.573 e. The first-order valence-corrected chi connectivity index (χ1v) is 6.28. The highest BCUT2D eigenvalue weighted by molar-refractivity contribution is 7.80. The van der Waals surface area contributed by atoms with E-state index in [4.69, 9.17) is 18.0 Å². The molecule has 0 spiro atoms. The van der Waals surface area contributed by atoms with Crippen molar-refractivity contribution < 1.29 is 22.7 Å². The number of ether oxygens (including phenoxy) is 1. The number of benzene rings is 1. The normalized spacial score (nSPS) is 12.4. The summed E-state index contributed by atoms with van der Waals surface area (Å²) in [4.78, 5) is 11.9. The number of carbonyl (C=O) groups is 1. The molecule has 0 aromatic heterocycles. The van der Waals surface area contributed by atoms with Gasteiger partial charge in [-0.25, -0.2) is 4.79 Å². The molecule has 1 unspecified atom stereocenters. The number of anilines is 1. The number of halogens is 3. The zero-order valence-electron chi connectivity index (χ0n) is 11.0. The smallest absolute Gasteiger partial charge is 0.406 e.